The number of carbonyl (C=O) groups is 7. The van der Waals surface area contributed by atoms with Crippen LogP contribution in [0.1, 0.15) is 113 Å². The van der Waals surface area contributed by atoms with Crippen molar-refractivity contribution in [3.05, 3.63) is 112 Å². The number of Topliss-reactive ketones (excluding diaryl/α,β-unsaturated/α-hetero) is 3. The molecule has 17 heteroatoms. The van der Waals surface area contributed by atoms with Crippen molar-refractivity contribution in [2.75, 3.05) is 19.8 Å². The molecule has 5 rings (SSSR count). The van der Waals surface area contributed by atoms with Crippen molar-refractivity contribution in [2.24, 2.45) is 11.8 Å². The van der Waals surface area contributed by atoms with Gasteiger partial charge in [0.15, 0.2) is 17.3 Å². The van der Waals surface area contributed by atoms with E-state index in [-0.39, 0.29) is 30.8 Å². The number of rotatable bonds is 17. The van der Waals surface area contributed by atoms with Crippen molar-refractivity contribution in [3.8, 4) is 28.0 Å². The number of nitrogens with zero attached hydrogens (tertiary/aromatic N) is 1. The van der Waals surface area contributed by atoms with E-state index in [9.17, 15) is 42.0 Å². The summed E-state index contributed by atoms with van der Waals surface area (Å²) in [5.74, 6) is -5.03. The quantitative estimate of drug-likeness (QED) is 0.0395. The standard InChI is InChI=1S/C54H65ClN4O11S/c1-10-11-12-13-40(30-45(60)38-18-16-36(17-19-38)37-20-23-41(55)24-21-37)52(65)59(8)49-39-22-25-48(69-53(66)70-54(5,6)7)43(29-39)42-27-35(15-14-32(42)2)28-44(58-50(63)33(3)26-46(49)61)51(64)57-34(4)47(62)31-56-71(9,67)68/h14-25,27,29,33-34,40,44,49,56H,10-13,26,28,30-31H2,1-9H3,(H,57,64)(H,58,63)/t33-,34+,40-,44+,49+/m1/s1. The minimum atomic E-state index is -3.71. The van der Waals surface area contributed by atoms with Crippen molar-refractivity contribution in [2.45, 2.75) is 117 Å². The van der Waals surface area contributed by atoms with Crippen LogP contribution in [0.2, 0.25) is 5.02 Å². The molecule has 0 saturated heterocycles. The van der Waals surface area contributed by atoms with Gasteiger partial charge in [-0.3, -0.25) is 28.8 Å². The minimum Gasteiger partial charge on any atom is -0.428 e. The molecule has 380 valence electrons. The summed E-state index contributed by atoms with van der Waals surface area (Å²) in [6, 6.07) is 20.8. The first kappa shape index (κ1) is 55.7. The normalized spacial score (nSPS) is 17.2. The van der Waals surface area contributed by atoms with Gasteiger partial charge >= 0.3 is 6.16 Å². The van der Waals surface area contributed by atoms with Crippen LogP contribution in [0.5, 0.6) is 5.75 Å². The van der Waals surface area contributed by atoms with Gasteiger partial charge in [0.2, 0.25) is 27.7 Å². The van der Waals surface area contributed by atoms with Crippen LogP contribution in [-0.4, -0.2) is 92.1 Å². The Balaban J connectivity index is 1.57. The van der Waals surface area contributed by atoms with Crippen molar-refractivity contribution in [1.29, 1.82) is 0 Å². The average Bonchev–Trinajstić information content (AvgIpc) is 3.30. The molecular weight excluding hydrogens is 948 g/mol. The zero-order valence-corrected chi connectivity index (χ0v) is 43.4. The smallest absolute Gasteiger partial charge is 0.428 e. The van der Waals surface area contributed by atoms with E-state index in [1.165, 1.54) is 31.9 Å². The van der Waals surface area contributed by atoms with Gasteiger partial charge in [0.25, 0.3) is 0 Å². The van der Waals surface area contributed by atoms with Gasteiger partial charge in [0.05, 0.1) is 18.8 Å². The molecule has 0 fully saturated rings. The van der Waals surface area contributed by atoms with Gasteiger partial charge in [-0.2, -0.15) is 0 Å². The third kappa shape index (κ3) is 15.9. The van der Waals surface area contributed by atoms with Crippen LogP contribution < -0.4 is 20.1 Å². The summed E-state index contributed by atoms with van der Waals surface area (Å²) in [6.07, 6.45) is 2.00. The van der Waals surface area contributed by atoms with E-state index >= 15 is 0 Å². The van der Waals surface area contributed by atoms with Crippen molar-refractivity contribution < 1.29 is 51.5 Å². The summed E-state index contributed by atoms with van der Waals surface area (Å²) in [6.45, 7) is 11.3. The molecule has 1 aliphatic rings. The molecule has 15 nitrogen and oxygen atoms in total. The Morgan fingerprint density at radius 2 is 1.54 bits per heavy atom. The van der Waals surface area contributed by atoms with Crippen LogP contribution >= 0.6 is 11.6 Å². The number of benzene rings is 4. The fourth-order valence-corrected chi connectivity index (χ4v) is 8.84. The number of aryl methyl sites for hydroxylation is 1. The second-order valence-electron chi connectivity index (χ2n) is 19.4. The molecule has 3 N–H and O–H groups in total. The number of hydrogen-bond acceptors (Lipinski definition) is 11. The summed E-state index contributed by atoms with van der Waals surface area (Å²) in [7, 11) is -2.21. The zero-order chi connectivity index (χ0) is 52.4. The topological polar surface area (TPSA) is 211 Å². The highest BCUT2D eigenvalue weighted by atomic mass is 35.5. The van der Waals surface area contributed by atoms with Gasteiger partial charge < -0.3 is 25.0 Å². The number of unbranched alkanes of at least 4 members (excludes halogenated alkanes) is 2. The third-order valence-corrected chi connectivity index (χ3v) is 13.2. The Bertz CT molecular complexity index is 2740. The summed E-state index contributed by atoms with van der Waals surface area (Å²) in [4.78, 5) is 99.3. The third-order valence-electron chi connectivity index (χ3n) is 12.2. The van der Waals surface area contributed by atoms with E-state index in [4.69, 9.17) is 21.1 Å². The Labute approximate surface area is 421 Å². The van der Waals surface area contributed by atoms with Crippen LogP contribution in [-0.2, 0) is 45.2 Å². The van der Waals surface area contributed by atoms with E-state index in [2.05, 4.69) is 15.4 Å². The van der Waals surface area contributed by atoms with E-state index in [1.54, 1.807) is 75.4 Å². The number of likely N-dealkylation sites (N-methyl/N-ethyl adjacent to an activating group) is 1. The number of carbonyl (C=O) groups excluding carboxylic acids is 7. The number of ether oxygens (including phenoxy) is 2. The lowest BCUT2D eigenvalue weighted by atomic mass is 9.87. The first-order valence-corrected chi connectivity index (χ1v) is 26.0. The molecule has 4 bridgehead atoms. The molecule has 1 heterocycles. The SMILES string of the molecule is CCCCC[C@H](CC(=O)c1ccc(-c2ccc(Cl)cc2)cc1)C(=O)N(C)[C@@H]1C(=O)C[C@@H](C)C(=O)N[C@H](C(=O)N[C@@H](C)C(=O)CNS(C)(=O)=O)Cc2ccc(C)c(c2)-c2cc1ccc2OC(=O)OC(C)(C)C. The molecule has 0 saturated carbocycles. The molecular formula is C54H65ClN4O11S. The van der Waals surface area contributed by atoms with E-state index in [0.29, 0.717) is 51.2 Å². The van der Waals surface area contributed by atoms with Gasteiger partial charge in [0, 0.05) is 54.3 Å². The Hall–Kier alpha value is -6.23. The van der Waals surface area contributed by atoms with E-state index in [1.807, 2.05) is 38.1 Å². The molecule has 0 radical (unpaired) electrons. The van der Waals surface area contributed by atoms with Gasteiger partial charge in [-0.1, -0.05) is 105 Å². The van der Waals surface area contributed by atoms with Gasteiger partial charge in [-0.25, -0.2) is 17.9 Å². The van der Waals surface area contributed by atoms with Crippen LogP contribution in [0, 0.1) is 18.8 Å². The first-order chi connectivity index (χ1) is 33.3. The molecule has 4 aromatic rings. The maximum Gasteiger partial charge on any atom is 0.514 e. The Morgan fingerprint density at radius 1 is 0.887 bits per heavy atom. The van der Waals surface area contributed by atoms with E-state index in [0.717, 1.165) is 30.2 Å². The van der Waals surface area contributed by atoms with Crippen LogP contribution in [0.3, 0.4) is 0 Å². The summed E-state index contributed by atoms with van der Waals surface area (Å²) >= 11 is 6.09. The maximum absolute atomic E-state index is 15.0. The fourth-order valence-electron chi connectivity index (χ4n) is 8.31. The van der Waals surface area contributed by atoms with Crippen molar-refractivity contribution in [3.63, 3.8) is 0 Å². The largest absolute Gasteiger partial charge is 0.514 e. The van der Waals surface area contributed by atoms with Crippen LogP contribution in [0.25, 0.3) is 22.3 Å². The molecule has 0 aromatic heterocycles. The highest BCUT2D eigenvalue weighted by Gasteiger charge is 2.37. The highest BCUT2D eigenvalue weighted by molar-refractivity contribution is 7.88. The molecule has 0 spiro atoms. The molecule has 0 aliphatic carbocycles. The number of nitrogens with one attached hydrogen (secondary N) is 3. The number of ketones is 3. The highest BCUT2D eigenvalue weighted by Crippen LogP contribution is 2.39. The number of halogens is 1. The number of sulfonamides is 1. The maximum atomic E-state index is 15.0. The number of amides is 3. The van der Waals surface area contributed by atoms with Crippen LogP contribution in [0.4, 0.5) is 4.79 Å². The summed E-state index contributed by atoms with van der Waals surface area (Å²) < 4.78 is 36.8. The summed E-state index contributed by atoms with van der Waals surface area (Å²) in [5.41, 5.74) is 3.82. The minimum absolute atomic E-state index is 0.0756. The van der Waals surface area contributed by atoms with Gasteiger partial charge in [-0.05, 0) is 98.7 Å². The molecule has 1 aliphatic heterocycles. The first-order valence-electron chi connectivity index (χ1n) is 23.7. The Kier molecular flexibility index (Phi) is 19.0. The predicted molar refractivity (Wildman–Crippen MR) is 272 cm³/mol. The molecule has 4 aromatic carbocycles. The second kappa shape index (κ2) is 24.3. The van der Waals surface area contributed by atoms with E-state index < -0.39 is 87.6 Å². The average molecular weight is 1010 g/mol. The number of fused-ring (bicyclic) bond motifs is 5. The van der Waals surface area contributed by atoms with Gasteiger partial charge in [-0.15, -0.1) is 0 Å². The lowest BCUT2D eigenvalue weighted by Crippen LogP contribution is -2.53. The lowest BCUT2D eigenvalue weighted by Gasteiger charge is -2.32. The molecule has 3 amide bonds. The summed E-state index contributed by atoms with van der Waals surface area (Å²) in [5, 5.41) is 5.95. The van der Waals surface area contributed by atoms with Crippen molar-refractivity contribution >= 4 is 62.9 Å². The predicted octanol–water partition coefficient (Wildman–Crippen LogP) is 8.52. The number of hydrogen-bond donors (Lipinski definition) is 3. The second-order valence-corrected chi connectivity index (χ2v) is 21.6. The molecule has 0 unspecified atom stereocenters. The monoisotopic (exact) mass is 1010 g/mol. The molecule has 71 heavy (non-hydrogen) atoms. The van der Waals surface area contributed by atoms with Crippen molar-refractivity contribution in [1.82, 2.24) is 20.3 Å². The zero-order valence-electron chi connectivity index (χ0n) is 41.9. The lowest BCUT2D eigenvalue weighted by molar-refractivity contribution is -0.142. The van der Waals surface area contributed by atoms with Crippen LogP contribution in [0.15, 0.2) is 84.9 Å². The Morgan fingerprint density at radius 3 is 2.15 bits per heavy atom. The fraction of sp³-hybridized carbons (Fsp3) is 0.426. The molecule has 5 atom stereocenters. The van der Waals surface area contributed by atoms with Gasteiger partial charge in [0.1, 0.15) is 23.4 Å².